The molecule has 1 N–H and O–H groups in total. The van der Waals surface area contributed by atoms with E-state index in [9.17, 15) is 5.11 Å². The highest BCUT2D eigenvalue weighted by Gasteiger charge is 2.24. The molecular weight excluding hydrogens is 204 g/mol. The standard InChI is InChI=1S/C12H14N2O2/c13-7-9-16-11-5-2-1-4-10(11)14-8-3-6-12(14)15/h1-2,4-5,12,15H,3,6,8-9H2. The summed E-state index contributed by atoms with van der Waals surface area (Å²) >= 11 is 0. The van der Waals surface area contributed by atoms with Crippen molar-refractivity contribution in [3.63, 3.8) is 0 Å². The van der Waals surface area contributed by atoms with Crippen LogP contribution >= 0.6 is 0 Å². The van der Waals surface area contributed by atoms with Crippen LogP contribution in [0.4, 0.5) is 5.69 Å². The van der Waals surface area contributed by atoms with Gasteiger partial charge in [-0.15, -0.1) is 0 Å². The summed E-state index contributed by atoms with van der Waals surface area (Å²) in [5, 5.41) is 18.3. The number of nitriles is 1. The second-order valence-corrected chi connectivity index (χ2v) is 3.73. The monoisotopic (exact) mass is 218 g/mol. The molecule has 1 aliphatic rings. The van der Waals surface area contributed by atoms with Crippen LogP contribution in [0.1, 0.15) is 12.8 Å². The maximum absolute atomic E-state index is 9.80. The Morgan fingerprint density at radius 2 is 2.31 bits per heavy atom. The van der Waals surface area contributed by atoms with Crippen molar-refractivity contribution in [3.8, 4) is 11.8 Å². The topological polar surface area (TPSA) is 56.5 Å². The van der Waals surface area contributed by atoms with E-state index in [-0.39, 0.29) is 6.61 Å². The highest BCUT2D eigenvalue weighted by Crippen LogP contribution is 2.32. The van der Waals surface area contributed by atoms with Gasteiger partial charge in [0.1, 0.15) is 18.0 Å². The first-order valence-corrected chi connectivity index (χ1v) is 5.36. The van der Waals surface area contributed by atoms with E-state index in [1.54, 1.807) is 0 Å². The number of anilines is 1. The average molecular weight is 218 g/mol. The van der Waals surface area contributed by atoms with Gasteiger partial charge in [-0.05, 0) is 25.0 Å². The Morgan fingerprint density at radius 3 is 3.00 bits per heavy atom. The van der Waals surface area contributed by atoms with Crippen LogP contribution in [0, 0.1) is 11.3 Å². The van der Waals surface area contributed by atoms with Crippen molar-refractivity contribution in [2.75, 3.05) is 18.1 Å². The zero-order valence-electron chi connectivity index (χ0n) is 8.97. The number of hydrogen-bond acceptors (Lipinski definition) is 4. The average Bonchev–Trinajstić information content (AvgIpc) is 2.73. The second kappa shape index (κ2) is 4.86. The number of ether oxygens (including phenoxy) is 1. The van der Waals surface area contributed by atoms with E-state index in [1.165, 1.54) is 0 Å². The molecule has 1 unspecified atom stereocenters. The molecule has 2 rings (SSSR count). The first-order valence-electron chi connectivity index (χ1n) is 5.36. The number of hydrogen-bond donors (Lipinski definition) is 1. The lowest BCUT2D eigenvalue weighted by atomic mass is 10.2. The van der Waals surface area contributed by atoms with Crippen LogP contribution in [0.3, 0.4) is 0 Å². The zero-order chi connectivity index (χ0) is 11.4. The van der Waals surface area contributed by atoms with Crippen LogP contribution in [0.25, 0.3) is 0 Å². The highest BCUT2D eigenvalue weighted by molar-refractivity contribution is 5.59. The maximum atomic E-state index is 9.80. The Hall–Kier alpha value is -1.73. The molecule has 4 nitrogen and oxygen atoms in total. The minimum atomic E-state index is -0.438. The van der Waals surface area contributed by atoms with E-state index >= 15 is 0 Å². The summed E-state index contributed by atoms with van der Waals surface area (Å²) < 4.78 is 5.33. The van der Waals surface area contributed by atoms with E-state index in [0.717, 1.165) is 25.1 Å². The van der Waals surface area contributed by atoms with Crippen molar-refractivity contribution < 1.29 is 9.84 Å². The van der Waals surface area contributed by atoms with Gasteiger partial charge in [0.25, 0.3) is 0 Å². The number of rotatable bonds is 3. The molecule has 0 spiro atoms. The third kappa shape index (κ3) is 2.10. The lowest BCUT2D eigenvalue weighted by Crippen LogP contribution is -2.28. The van der Waals surface area contributed by atoms with Crippen molar-refractivity contribution >= 4 is 5.69 Å². The van der Waals surface area contributed by atoms with Crippen molar-refractivity contribution in [2.24, 2.45) is 0 Å². The Kier molecular flexibility index (Phi) is 3.28. The normalized spacial score (nSPS) is 19.5. The summed E-state index contributed by atoms with van der Waals surface area (Å²) in [5.41, 5.74) is 0.864. The number of para-hydroxylation sites is 2. The molecule has 0 aliphatic carbocycles. The zero-order valence-corrected chi connectivity index (χ0v) is 8.97. The molecule has 16 heavy (non-hydrogen) atoms. The van der Waals surface area contributed by atoms with E-state index in [4.69, 9.17) is 10.00 Å². The molecule has 84 valence electrons. The third-order valence-corrected chi connectivity index (χ3v) is 2.69. The van der Waals surface area contributed by atoms with Crippen LogP contribution in [0.5, 0.6) is 5.75 Å². The molecule has 1 aliphatic heterocycles. The molecule has 0 radical (unpaired) electrons. The summed E-state index contributed by atoms with van der Waals surface area (Å²) in [4.78, 5) is 1.91. The summed E-state index contributed by atoms with van der Waals surface area (Å²) in [5.74, 6) is 0.657. The van der Waals surface area contributed by atoms with Gasteiger partial charge in [-0.25, -0.2) is 0 Å². The Balaban J connectivity index is 2.22. The van der Waals surface area contributed by atoms with Gasteiger partial charge in [-0.1, -0.05) is 12.1 Å². The molecule has 1 atom stereocenters. The Bertz CT molecular complexity index is 400. The smallest absolute Gasteiger partial charge is 0.174 e. The molecule has 1 fully saturated rings. The van der Waals surface area contributed by atoms with Crippen LogP contribution in [-0.2, 0) is 0 Å². The summed E-state index contributed by atoms with van der Waals surface area (Å²) in [6.45, 7) is 0.856. The van der Waals surface area contributed by atoms with Crippen LogP contribution in [0.2, 0.25) is 0 Å². The number of nitrogens with zero attached hydrogens (tertiary/aromatic N) is 2. The fourth-order valence-electron chi connectivity index (χ4n) is 1.96. The molecular formula is C12H14N2O2. The Morgan fingerprint density at radius 1 is 1.50 bits per heavy atom. The molecule has 4 heteroatoms. The van der Waals surface area contributed by atoms with E-state index in [0.29, 0.717) is 5.75 Å². The quantitative estimate of drug-likeness (QED) is 0.835. The summed E-state index contributed by atoms with van der Waals surface area (Å²) in [7, 11) is 0. The SMILES string of the molecule is N#CCOc1ccccc1N1CCCC1O. The number of aliphatic hydroxyl groups excluding tert-OH is 1. The van der Waals surface area contributed by atoms with Crippen LogP contribution in [-0.4, -0.2) is 24.5 Å². The minimum absolute atomic E-state index is 0.0287. The van der Waals surface area contributed by atoms with Gasteiger partial charge in [0.05, 0.1) is 5.69 Å². The largest absolute Gasteiger partial charge is 0.477 e. The van der Waals surface area contributed by atoms with Crippen LogP contribution < -0.4 is 9.64 Å². The first-order chi connectivity index (χ1) is 7.83. The predicted octanol–water partition coefficient (Wildman–Crippen LogP) is 1.51. The molecule has 0 amide bonds. The maximum Gasteiger partial charge on any atom is 0.174 e. The van der Waals surface area contributed by atoms with E-state index in [2.05, 4.69) is 0 Å². The van der Waals surface area contributed by atoms with Crippen molar-refractivity contribution in [3.05, 3.63) is 24.3 Å². The predicted molar refractivity (Wildman–Crippen MR) is 60.1 cm³/mol. The molecule has 1 saturated heterocycles. The number of aliphatic hydroxyl groups is 1. The summed E-state index contributed by atoms with van der Waals surface area (Å²) in [6, 6.07) is 9.43. The van der Waals surface area contributed by atoms with Crippen LogP contribution in [0.15, 0.2) is 24.3 Å². The lowest BCUT2D eigenvalue weighted by molar-refractivity contribution is 0.185. The van der Waals surface area contributed by atoms with Crippen molar-refractivity contribution in [1.82, 2.24) is 0 Å². The fourth-order valence-corrected chi connectivity index (χ4v) is 1.96. The van der Waals surface area contributed by atoms with Gasteiger partial charge in [-0.2, -0.15) is 5.26 Å². The van der Waals surface area contributed by atoms with Crippen molar-refractivity contribution in [1.29, 1.82) is 5.26 Å². The molecule has 0 bridgehead atoms. The number of benzene rings is 1. The van der Waals surface area contributed by atoms with Gasteiger partial charge in [0.15, 0.2) is 6.61 Å². The molecule has 1 heterocycles. The van der Waals surface area contributed by atoms with Gasteiger partial charge in [-0.3, -0.25) is 0 Å². The van der Waals surface area contributed by atoms with E-state index < -0.39 is 6.23 Å². The highest BCUT2D eigenvalue weighted by atomic mass is 16.5. The Labute approximate surface area is 94.7 Å². The van der Waals surface area contributed by atoms with Gasteiger partial charge < -0.3 is 14.7 Å². The molecule has 1 aromatic carbocycles. The van der Waals surface area contributed by atoms with Gasteiger partial charge in [0.2, 0.25) is 0 Å². The summed E-state index contributed by atoms with van der Waals surface area (Å²) in [6.07, 6.45) is 1.33. The van der Waals surface area contributed by atoms with Crippen molar-refractivity contribution in [2.45, 2.75) is 19.1 Å². The molecule has 0 saturated carbocycles. The van der Waals surface area contributed by atoms with Gasteiger partial charge in [0, 0.05) is 6.54 Å². The third-order valence-electron chi connectivity index (χ3n) is 2.69. The fraction of sp³-hybridized carbons (Fsp3) is 0.417. The van der Waals surface area contributed by atoms with E-state index in [1.807, 2.05) is 35.2 Å². The second-order valence-electron chi connectivity index (χ2n) is 3.73. The first kappa shape index (κ1) is 10.8. The lowest BCUT2D eigenvalue weighted by Gasteiger charge is -2.24. The molecule has 0 aromatic heterocycles. The van der Waals surface area contributed by atoms with Gasteiger partial charge >= 0.3 is 0 Å². The molecule has 1 aromatic rings. The minimum Gasteiger partial charge on any atom is -0.477 e.